The van der Waals surface area contributed by atoms with Gasteiger partial charge in [-0.05, 0) is 18.6 Å². The molecule has 0 saturated carbocycles. The fourth-order valence-corrected chi connectivity index (χ4v) is 2.58. The average molecular weight is 334 g/mol. The van der Waals surface area contributed by atoms with Crippen LogP contribution in [-0.4, -0.2) is 42.7 Å². The Bertz CT molecular complexity index is 642. The number of hydrogen-bond acceptors (Lipinski definition) is 5. The number of hydrogen-bond donors (Lipinski definition) is 2. The minimum absolute atomic E-state index is 0.00905. The molecule has 1 aromatic carbocycles. The summed E-state index contributed by atoms with van der Waals surface area (Å²) in [5, 5.41) is 8.49. The maximum absolute atomic E-state index is 12.3. The van der Waals surface area contributed by atoms with Crippen molar-refractivity contribution in [1.82, 2.24) is 10.4 Å². The van der Waals surface area contributed by atoms with Gasteiger partial charge in [0.15, 0.2) is 0 Å². The van der Waals surface area contributed by atoms with Crippen molar-refractivity contribution in [2.75, 3.05) is 20.8 Å². The number of benzene rings is 1. The molecule has 0 unspecified atom stereocenters. The second kappa shape index (κ2) is 8.35. The Morgan fingerprint density at radius 3 is 2.75 bits per heavy atom. The molecule has 2 rings (SSSR count). The van der Waals surface area contributed by atoms with Crippen molar-refractivity contribution >= 4 is 11.8 Å². The third kappa shape index (κ3) is 4.48. The topological polar surface area (TPSA) is 88.1 Å². The van der Waals surface area contributed by atoms with Gasteiger partial charge in [-0.25, -0.2) is 5.48 Å². The van der Waals surface area contributed by atoms with Crippen LogP contribution in [0.4, 0.5) is 0 Å². The maximum Gasteiger partial charge on any atom is 0.243 e. The normalized spacial score (nSPS) is 14.2. The Balaban J connectivity index is 2.00. The van der Waals surface area contributed by atoms with E-state index in [1.807, 2.05) is 18.2 Å². The molecular weight excluding hydrogens is 312 g/mol. The van der Waals surface area contributed by atoms with Gasteiger partial charge < -0.3 is 14.4 Å². The predicted molar refractivity (Wildman–Crippen MR) is 86.8 cm³/mol. The molecule has 0 bridgehead atoms. The number of ether oxygens (including phenoxy) is 2. The van der Waals surface area contributed by atoms with Gasteiger partial charge in [0.2, 0.25) is 11.8 Å². The molecule has 24 heavy (non-hydrogen) atoms. The molecule has 1 aliphatic rings. The van der Waals surface area contributed by atoms with Gasteiger partial charge in [-0.2, -0.15) is 0 Å². The van der Waals surface area contributed by atoms with Crippen molar-refractivity contribution in [3.63, 3.8) is 0 Å². The monoisotopic (exact) mass is 334 g/mol. The number of amides is 2. The summed E-state index contributed by atoms with van der Waals surface area (Å²) in [5.74, 6) is 0.935. The first-order valence-corrected chi connectivity index (χ1v) is 7.67. The van der Waals surface area contributed by atoms with Gasteiger partial charge in [-0.1, -0.05) is 11.6 Å². The summed E-state index contributed by atoms with van der Waals surface area (Å²) in [6, 6.07) is 5.51. The van der Waals surface area contributed by atoms with Gasteiger partial charge in [0.1, 0.15) is 11.5 Å². The maximum atomic E-state index is 12.3. The number of carbonyl (C=O) groups is 2. The minimum atomic E-state index is -0.450. The Labute approximate surface area is 140 Å². The van der Waals surface area contributed by atoms with Crippen molar-refractivity contribution in [3.8, 4) is 11.5 Å². The minimum Gasteiger partial charge on any atom is -0.497 e. The van der Waals surface area contributed by atoms with Gasteiger partial charge in [-0.3, -0.25) is 14.8 Å². The number of nitrogens with zero attached hydrogens (tertiary/aromatic N) is 1. The van der Waals surface area contributed by atoms with E-state index in [0.717, 1.165) is 11.1 Å². The molecular formula is C17H22N2O5. The number of hydroxylamine groups is 1. The fraction of sp³-hybridized carbons (Fsp3) is 0.412. The first-order valence-electron chi connectivity index (χ1n) is 7.67. The summed E-state index contributed by atoms with van der Waals surface area (Å²) in [6.07, 6.45) is 2.89. The Morgan fingerprint density at radius 2 is 2.12 bits per heavy atom. The average Bonchev–Trinajstić information content (AvgIpc) is 2.61. The SMILES string of the molecule is COc1ccc(CN2CC=C(CCC(=O)NO)CC2=O)c(OC)c1. The summed E-state index contributed by atoms with van der Waals surface area (Å²) >= 11 is 0. The highest BCUT2D eigenvalue weighted by atomic mass is 16.5. The quantitative estimate of drug-likeness (QED) is 0.450. The third-order valence-electron chi connectivity index (χ3n) is 3.98. The number of nitrogens with one attached hydrogen (secondary N) is 1. The molecule has 0 spiro atoms. The number of methoxy groups -OCH3 is 2. The zero-order valence-electron chi connectivity index (χ0n) is 13.9. The van der Waals surface area contributed by atoms with E-state index in [1.165, 1.54) is 0 Å². The van der Waals surface area contributed by atoms with E-state index in [1.54, 1.807) is 30.7 Å². The molecule has 1 heterocycles. The van der Waals surface area contributed by atoms with E-state index in [2.05, 4.69) is 0 Å². The first-order chi connectivity index (χ1) is 11.6. The molecule has 1 aromatic rings. The molecule has 1 aliphatic heterocycles. The first kappa shape index (κ1) is 17.8. The number of rotatable bonds is 7. The Kier molecular flexibility index (Phi) is 6.20. The standard InChI is InChI=1S/C17H22N2O5/c1-23-14-5-4-13(15(10-14)24-2)11-19-8-7-12(9-17(19)21)3-6-16(20)18-22/h4-5,7,10,22H,3,6,8-9,11H2,1-2H3,(H,18,20). The van der Waals surface area contributed by atoms with Crippen LogP contribution in [0.1, 0.15) is 24.8 Å². The van der Waals surface area contributed by atoms with Crippen molar-refractivity contribution in [2.24, 2.45) is 0 Å². The predicted octanol–water partition coefficient (Wildman–Crippen LogP) is 1.65. The third-order valence-corrected chi connectivity index (χ3v) is 3.98. The summed E-state index contributed by atoms with van der Waals surface area (Å²) < 4.78 is 10.5. The van der Waals surface area contributed by atoms with Gasteiger partial charge in [0.05, 0.1) is 14.2 Å². The zero-order chi connectivity index (χ0) is 17.5. The summed E-state index contributed by atoms with van der Waals surface area (Å²) in [7, 11) is 3.17. The lowest BCUT2D eigenvalue weighted by Gasteiger charge is -2.27. The van der Waals surface area contributed by atoms with Crippen LogP contribution >= 0.6 is 0 Å². The number of carbonyl (C=O) groups excluding carboxylic acids is 2. The van der Waals surface area contributed by atoms with Crippen molar-refractivity contribution in [3.05, 3.63) is 35.4 Å². The lowest BCUT2D eigenvalue weighted by molar-refractivity contribution is -0.132. The van der Waals surface area contributed by atoms with E-state index in [0.29, 0.717) is 31.0 Å². The summed E-state index contributed by atoms with van der Waals surface area (Å²) in [6.45, 7) is 0.941. The molecule has 0 radical (unpaired) electrons. The van der Waals surface area contributed by atoms with E-state index >= 15 is 0 Å². The molecule has 0 atom stereocenters. The van der Waals surface area contributed by atoms with Crippen LogP contribution in [0.25, 0.3) is 0 Å². The van der Waals surface area contributed by atoms with E-state index < -0.39 is 5.91 Å². The van der Waals surface area contributed by atoms with Crippen LogP contribution < -0.4 is 15.0 Å². The van der Waals surface area contributed by atoms with Crippen LogP contribution in [0.2, 0.25) is 0 Å². The lowest BCUT2D eigenvalue weighted by Crippen LogP contribution is -2.34. The largest absolute Gasteiger partial charge is 0.497 e. The molecule has 7 heteroatoms. The van der Waals surface area contributed by atoms with Crippen molar-refractivity contribution < 1.29 is 24.3 Å². The Morgan fingerprint density at radius 1 is 1.33 bits per heavy atom. The van der Waals surface area contributed by atoms with Crippen LogP contribution in [-0.2, 0) is 16.1 Å². The summed E-state index contributed by atoms with van der Waals surface area (Å²) in [5.41, 5.74) is 3.42. The van der Waals surface area contributed by atoms with Gasteiger partial charge in [-0.15, -0.1) is 0 Å². The van der Waals surface area contributed by atoms with Crippen molar-refractivity contribution in [2.45, 2.75) is 25.8 Å². The molecule has 7 nitrogen and oxygen atoms in total. The molecule has 2 N–H and O–H groups in total. The highest BCUT2D eigenvalue weighted by Gasteiger charge is 2.21. The van der Waals surface area contributed by atoms with Crippen LogP contribution in [0, 0.1) is 0 Å². The second-order valence-electron chi connectivity index (χ2n) is 5.53. The van der Waals surface area contributed by atoms with Gasteiger partial charge >= 0.3 is 0 Å². The van der Waals surface area contributed by atoms with E-state index in [9.17, 15) is 9.59 Å². The summed E-state index contributed by atoms with van der Waals surface area (Å²) in [4.78, 5) is 25.1. The van der Waals surface area contributed by atoms with Crippen molar-refractivity contribution in [1.29, 1.82) is 0 Å². The van der Waals surface area contributed by atoms with Crippen LogP contribution in [0.3, 0.4) is 0 Å². The van der Waals surface area contributed by atoms with E-state index in [4.69, 9.17) is 14.7 Å². The Hall–Kier alpha value is -2.54. The smallest absolute Gasteiger partial charge is 0.243 e. The highest BCUT2D eigenvalue weighted by Crippen LogP contribution is 2.27. The second-order valence-corrected chi connectivity index (χ2v) is 5.53. The molecule has 130 valence electrons. The van der Waals surface area contributed by atoms with Crippen LogP contribution in [0.5, 0.6) is 11.5 Å². The van der Waals surface area contributed by atoms with Crippen LogP contribution in [0.15, 0.2) is 29.8 Å². The molecule has 0 saturated heterocycles. The fourth-order valence-electron chi connectivity index (χ4n) is 2.58. The molecule has 0 fully saturated rings. The molecule has 2 amide bonds. The zero-order valence-corrected chi connectivity index (χ0v) is 13.9. The van der Waals surface area contributed by atoms with E-state index in [-0.39, 0.29) is 18.7 Å². The van der Waals surface area contributed by atoms with Gasteiger partial charge in [0, 0.05) is 37.6 Å². The molecule has 0 aromatic heterocycles. The molecule has 0 aliphatic carbocycles. The van der Waals surface area contributed by atoms with Gasteiger partial charge in [0.25, 0.3) is 0 Å². The highest BCUT2D eigenvalue weighted by molar-refractivity contribution is 5.81. The lowest BCUT2D eigenvalue weighted by atomic mass is 10.0.